The summed E-state index contributed by atoms with van der Waals surface area (Å²) in [6, 6.07) is 8.36. The van der Waals surface area contributed by atoms with Crippen LogP contribution in [0.4, 0.5) is 5.95 Å². The molecule has 0 saturated carbocycles. The van der Waals surface area contributed by atoms with Gasteiger partial charge in [0.15, 0.2) is 0 Å². The van der Waals surface area contributed by atoms with E-state index >= 15 is 0 Å². The van der Waals surface area contributed by atoms with Crippen LogP contribution < -0.4 is 10.1 Å². The molecule has 5 nitrogen and oxygen atoms in total. The van der Waals surface area contributed by atoms with Gasteiger partial charge in [0.1, 0.15) is 12.1 Å². The van der Waals surface area contributed by atoms with Crippen molar-refractivity contribution in [2.75, 3.05) is 19.0 Å². The Kier molecular flexibility index (Phi) is 2.44. The molecule has 1 aliphatic heterocycles. The molecule has 0 bridgehead atoms. The van der Waals surface area contributed by atoms with Crippen molar-refractivity contribution in [1.82, 2.24) is 14.8 Å². The van der Waals surface area contributed by atoms with Gasteiger partial charge in [0.25, 0.3) is 0 Å². The van der Waals surface area contributed by atoms with E-state index in [4.69, 9.17) is 4.74 Å². The molecule has 88 valence electrons. The van der Waals surface area contributed by atoms with E-state index in [0.29, 0.717) is 0 Å². The highest BCUT2D eigenvalue weighted by Gasteiger charge is 2.22. The van der Waals surface area contributed by atoms with Crippen molar-refractivity contribution in [3.8, 4) is 5.75 Å². The molecule has 1 aromatic carbocycles. The second kappa shape index (κ2) is 4.08. The highest BCUT2D eigenvalue weighted by atomic mass is 16.5. The third-order valence-electron chi connectivity index (χ3n) is 3.05. The van der Waals surface area contributed by atoms with Crippen LogP contribution in [-0.4, -0.2) is 28.4 Å². The van der Waals surface area contributed by atoms with E-state index in [1.54, 1.807) is 13.4 Å². The lowest BCUT2D eigenvalue weighted by molar-refractivity contribution is 0.411. The Balaban J connectivity index is 2.00. The zero-order chi connectivity index (χ0) is 11.7. The second-order valence-electron chi connectivity index (χ2n) is 4.04. The van der Waals surface area contributed by atoms with Crippen LogP contribution in [0.2, 0.25) is 0 Å². The summed E-state index contributed by atoms with van der Waals surface area (Å²) in [5.74, 6) is 1.71. The Morgan fingerprint density at radius 2 is 2.41 bits per heavy atom. The van der Waals surface area contributed by atoms with E-state index in [-0.39, 0.29) is 6.04 Å². The van der Waals surface area contributed by atoms with Crippen LogP contribution in [0.3, 0.4) is 0 Å². The van der Waals surface area contributed by atoms with Crippen LogP contribution in [0.25, 0.3) is 0 Å². The average molecular weight is 230 g/mol. The largest absolute Gasteiger partial charge is 0.497 e. The lowest BCUT2D eigenvalue weighted by Gasteiger charge is -2.24. The van der Waals surface area contributed by atoms with Gasteiger partial charge in [-0.05, 0) is 24.1 Å². The molecule has 5 heteroatoms. The van der Waals surface area contributed by atoms with Crippen molar-refractivity contribution >= 4 is 5.95 Å². The van der Waals surface area contributed by atoms with Crippen molar-refractivity contribution in [3.63, 3.8) is 0 Å². The minimum atomic E-state index is 0.240. The average Bonchev–Trinajstić information content (AvgIpc) is 2.87. The van der Waals surface area contributed by atoms with E-state index < -0.39 is 0 Å². The maximum Gasteiger partial charge on any atom is 0.221 e. The fourth-order valence-electron chi connectivity index (χ4n) is 2.20. The Bertz CT molecular complexity index is 523. The van der Waals surface area contributed by atoms with Crippen LogP contribution in [0, 0.1) is 0 Å². The first-order chi connectivity index (χ1) is 8.38. The van der Waals surface area contributed by atoms with Crippen molar-refractivity contribution in [2.45, 2.75) is 12.5 Å². The number of hydrogen-bond donors (Lipinski definition) is 1. The molecular formula is C12H14N4O. The molecule has 1 unspecified atom stereocenters. The summed E-state index contributed by atoms with van der Waals surface area (Å²) >= 11 is 0. The molecule has 1 aromatic heterocycles. The Morgan fingerprint density at radius 3 is 3.29 bits per heavy atom. The number of methoxy groups -OCH3 is 1. The van der Waals surface area contributed by atoms with Crippen LogP contribution in [0.5, 0.6) is 5.75 Å². The van der Waals surface area contributed by atoms with Gasteiger partial charge in [0, 0.05) is 6.54 Å². The standard InChI is InChI=1S/C12H14N4O/c1-17-10-4-2-3-9(7-10)11-5-6-13-12-14-8-15-16(11)12/h2-4,7-8,11H,5-6H2,1H3,(H,13,14,15). The van der Waals surface area contributed by atoms with Crippen molar-refractivity contribution in [3.05, 3.63) is 36.2 Å². The SMILES string of the molecule is COc1cccc(C2CCNc3ncnn32)c1. The van der Waals surface area contributed by atoms with Gasteiger partial charge in [0.05, 0.1) is 13.2 Å². The lowest BCUT2D eigenvalue weighted by atomic mass is 10.0. The number of rotatable bonds is 2. The quantitative estimate of drug-likeness (QED) is 0.853. The first kappa shape index (κ1) is 10.1. The number of anilines is 1. The zero-order valence-corrected chi connectivity index (χ0v) is 9.63. The molecule has 17 heavy (non-hydrogen) atoms. The highest BCUT2D eigenvalue weighted by Crippen LogP contribution is 2.29. The van der Waals surface area contributed by atoms with E-state index in [9.17, 15) is 0 Å². The van der Waals surface area contributed by atoms with Gasteiger partial charge in [-0.1, -0.05) is 12.1 Å². The predicted octanol–water partition coefficient (Wildman–Crippen LogP) is 1.69. The topological polar surface area (TPSA) is 52.0 Å². The molecule has 0 radical (unpaired) electrons. The smallest absolute Gasteiger partial charge is 0.221 e. The highest BCUT2D eigenvalue weighted by molar-refractivity contribution is 5.35. The third-order valence-corrected chi connectivity index (χ3v) is 3.05. The summed E-state index contributed by atoms with van der Waals surface area (Å²) in [6.45, 7) is 0.917. The van der Waals surface area contributed by atoms with Gasteiger partial charge in [-0.15, -0.1) is 0 Å². The Morgan fingerprint density at radius 1 is 1.47 bits per heavy atom. The molecule has 3 rings (SSSR count). The monoisotopic (exact) mass is 230 g/mol. The second-order valence-corrected chi connectivity index (χ2v) is 4.04. The molecule has 2 aromatic rings. The maximum atomic E-state index is 5.25. The molecular weight excluding hydrogens is 216 g/mol. The number of aromatic nitrogens is 3. The first-order valence-corrected chi connectivity index (χ1v) is 5.66. The minimum Gasteiger partial charge on any atom is -0.497 e. The normalized spacial score (nSPS) is 18.3. The molecule has 0 amide bonds. The number of fused-ring (bicyclic) bond motifs is 1. The lowest BCUT2D eigenvalue weighted by Crippen LogP contribution is -2.24. The summed E-state index contributed by atoms with van der Waals surface area (Å²) in [4.78, 5) is 4.18. The van der Waals surface area contributed by atoms with Crippen LogP contribution in [-0.2, 0) is 0 Å². The van der Waals surface area contributed by atoms with Crippen molar-refractivity contribution in [2.24, 2.45) is 0 Å². The van der Waals surface area contributed by atoms with Crippen molar-refractivity contribution < 1.29 is 4.74 Å². The third kappa shape index (κ3) is 1.73. The molecule has 0 aliphatic carbocycles. The van der Waals surface area contributed by atoms with Gasteiger partial charge < -0.3 is 10.1 Å². The fraction of sp³-hybridized carbons (Fsp3) is 0.333. The van der Waals surface area contributed by atoms with Gasteiger partial charge in [-0.25, -0.2) is 4.68 Å². The van der Waals surface area contributed by atoms with Gasteiger partial charge in [-0.2, -0.15) is 10.1 Å². The Hall–Kier alpha value is -2.04. The molecule has 0 saturated heterocycles. The van der Waals surface area contributed by atoms with E-state index in [1.807, 2.05) is 16.8 Å². The van der Waals surface area contributed by atoms with Crippen LogP contribution >= 0.6 is 0 Å². The zero-order valence-electron chi connectivity index (χ0n) is 9.63. The van der Waals surface area contributed by atoms with E-state index in [1.165, 1.54) is 5.56 Å². The molecule has 0 spiro atoms. The van der Waals surface area contributed by atoms with Crippen molar-refractivity contribution in [1.29, 1.82) is 0 Å². The molecule has 1 aliphatic rings. The molecule has 1 N–H and O–H groups in total. The summed E-state index contributed by atoms with van der Waals surface area (Å²) in [5.41, 5.74) is 1.21. The van der Waals surface area contributed by atoms with Gasteiger partial charge >= 0.3 is 0 Å². The Labute approximate surface area is 99.4 Å². The number of hydrogen-bond acceptors (Lipinski definition) is 4. The number of nitrogens with one attached hydrogen (secondary N) is 1. The fourth-order valence-corrected chi connectivity index (χ4v) is 2.20. The van der Waals surface area contributed by atoms with Crippen LogP contribution in [0.1, 0.15) is 18.0 Å². The van der Waals surface area contributed by atoms with Gasteiger partial charge in [-0.3, -0.25) is 0 Å². The minimum absolute atomic E-state index is 0.240. The van der Waals surface area contributed by atoms with E-state index in [2.05, 4.69) is 27.5 Å². The predicted molar refractivity (Wildman–Crippen MR) is 64.3 cm³/mol. The summed E-state index contributed by atoms with van der Waals surface area (Å²) in [6.07, 6.45) is 2.59. The number of nitrogens with zero attached hydrogens (tertiary/aromatic N) is 3. The number of ether oxygens (including phenoxy) is 1. The van der Waals surface area contributed by atoms with Crippen LogP contribution in [0.15, 0.2) is 30.6 Å². The van der Waals surface area contributed by atoms with Gasteiger partial charge in [0.2, 0.25) is 5.95 Å². The van der Waals surface area contributed by atoms with E-state index in [0.717, 1.165) is 24.7 Å². The summed E-state index contributed by atoms with van der Waals surface area (Å²) < 4.78 is 7.18. The molecule has 1 atom stereocenters. The molecule has 2 heterocycles. The molecule has 0 fully saturated rings. The maximum absolute atomic E-state index is 5.25. The first-order valence-electron chi connectivity index (χ1n) is 5.66. The number of benzene rings is 1. The summed E-state index contributed by atoms with van der Waals surface area (Å²) in [5, 5.41) is 7.50. The summed E-state index contributed by atoms with van der Waals surface area (Å²) in [7, 11) is 1.68.